The summed E-state index contributed by atoms with van der Waals surface area (Å²) in [6.07, 6.45) is 8.99. The molecule has 0 saturated carbocycles. The highest BCUT2D eigenvalue weighted by molar-refractivity contribution is 5.92. The van der Waals surface area contributed by atoms with E-state index in [1.807, 2.05) is 38.2 Å². The zero-order valence-corrected chi connectivity index (χ0v) is 18.1. The summed E-state index contributed by atoms with van der Waals surface area (Å²) in [5, 5.41) is 3.00. The molecule has 3 aromatic heterocycles. The molecule has 1 unspecified atom stereocenters. The zero-order chi connectivity index (χ0) is 22.3. The number of carbonyl (C=O) groups is 2. The summed E-state index contributed by atoms with van der Waals surface area (Å²) in [7, 11) is 0. The van der Waals surface area contributed by atoms with Gasteiger partial charge in [-0.25, -0.2) is 9.97 Å². The fourth-order valence-electron chi connectivity index (χ4n) is 4.81. The molecule has 3 aromatic rings. The second-order valence-corrected chi connectivity index (χ2v) is 8.52. The molecule has 2 amide bonds. The van der Waals surface area contributed by atoms with Gasteiger partial charge < -0.3 is 19.7 Å². The van der Waals surface area contributed by atoms with E-state index in [1.54, 1.807) is 17.3 Å². The number of fused-ring (bicyclic) bond motifs is 4. The van der Waals surface area contributed by atoms with E-state index in [0.29, 0.717) is 25.2 Å². The molecule has 0 aromatic carbocycles. The van der Waals surface area contributed by atoms with Gasteiger partial charge in [-0.3, -0.25) is 14.6 Å². The van der Waals surface area contributed by atoms with Gasteiger partial charge in [0.05, 0.1) is 24.1 Å². The van der Waals surface area contributed by atoms with Crippen molar-refractivity contribution in [3.63, 3.8) is 0 Å². The summed E-state index contributed by atoms with van der Waals surface area (Å²) < 4.78 is 2.07. The number of pyridine rings is 1. The minimum absolute atomic E-state index is 0.0405. The Morgan fingerprint density at radius 1 is 1.16 bits per heavy atom. The molecule has 1 atom stereocenters. The summed E-state index contributed by atoms with van der Waals surface area (Å²) in [5.41, 5.74) is 1.67. The van der Waals surface area contributed by atoms with Crippen LogP contribution < -0.4 is 10.2 Å². The van der Waals surface area contributed by atoms with Crippen LogP contribution in [0.5, 0.6) is 0 Å². The average molecular weight is 432 g/mol. The molecule has 164 valence electrons. The standard InChI is InChI=1S/C23H25N7O2/c1-16(2)27-20(31)14-30-18-5-3-8-26-21(18)29-11-4-6-19(29)23(30)7-12-28(15-23)22(32)17-13-24-9-10-25-17/h3-6,8-11,13,16H,7,12,14-15H2,1-2H3,(H,27,31). The van der Waals surface area contributed by atoms with Crippen LogP contribution in [0.4, 0.5) is 5.69 Å². The van der Waals surface area contributed by atoms with Gasteiger partial charge in [0.2, 0.25) is 5.91 Å². The van der Waals surface area contributed by atoms with Crippen molar-refractivity contribution in [1.82, 2.24) is 29.7 Å². The van der Waals surface area contributed by atoms with Crippen molar-refractivity contribution in [2.24, 2.45) is 0 Å². The number of likely N-dealkylation sites (tertiary alicyclic amines) is 1. The first-order valence-corrected chi connectivity index (χ1v) is 10.7. The van der Waals surface area contributed by atoms with E-state index in [9.17, 15) is 9.59 Å². The number of nitrogens with zero attached hydrogens (tertiary/aromatic N) is 6. The molecule has 0 bridgehead atoms. The van der Waals surface area contributed by atoms with Gasteiger partial charge in [-0.05, 0) is 44.5 Å². The lowest BCUT2D eigenvalue weighted by Gasteiger charge is -2.46. The highest BCUT2D eigenvalue weighted by atomic mass is 16.2. The number of anilines is 1. The number of amides is 2. The van der Waals surface area contributed by atoms with E-state index < -0.39 is 5.54 Å². The van der Waals surface area contributed by atoms with Crippen LogP contribution in [-0.2, 0) is 10.3 Å². The Morgan fingerprint density at radius 3 is 2.81 bits per heavy atom. The quantitative estimate of drug-likeness (QED) is 0.676. The molecule has 1 fully saturated rings. The topological polar surface area (TPSA) is 96.2 Å². The summed E-state index contributed by atoms with van der Waals surface area (Å²) in [5.74, 6) is 0.568. The Labute approximate surface area is 186 Å². The van der Waals surface area contributed by atoms with Gasteiger partial charge in [0, 0.05) is 43.9 Å². The van der Waals surface area contributed by atoms with Crippen molar-refractivity contribution in [1.29, 1.82) is 0 Å². The molecule has 0 radical (unpaired) electrons. The molecule has 0 aliphatic carbocycles. The van der Waals surface area contributed by atoms with Gasteiger partial charge in [-0.15, -0.1) is 0 Å². The van der Waals surface area contributed by atoms with E-state index in [4.69, 9.17) is 0 Å². The lowest BCUT2D eigenvalue weighted by atomic mass is 9.88. The van der Waals surface area contributed by atoms with Gasteiger partial charge in [0.1, 0.15) is 11.2 Å². The largest absolute Gasteiger partial charge is 0.352 e. The summed E-state index contributed by atoms with van der Waals surface area (Å²) in [6.45, 7) is 5.06. The number of carbonyl (C=O) groups excluding carboxylic acids is 2. The molecule has 9 heteroatoms. The molecule has 1 spiro atoms. The highest BCUT2D eigenvalue weighted by Crippen LogP contribution is 2.46. The van der Waals surface area contributed by atoms with Gasteiger partial charge in [-0.1, -0.05) is 0 Å². The Morgan fingerprint density at radius 2 is 2.03 bits per heavy atom. The van der Waals surface area contributed by atoms with Gasteiger partial charge >= 0.3 is 0 Å². The van der Waals surface area contributed by atoms with Crippen molar-refractivity contribution in [3.05, 3.63) is 66.6 Å². The molecule has 1 N–H and O–H groups in total. The fourth-order valence-corrected chi connectivity index (χ4v) is 4.81. The Bertz CT molecular complexity index is 1160. The van der Waals surface area contributed by atoms with E-state index in [1.165, 1.54) is 12.4 Å². The smallest absolute Gasteiger partial charge is 0.274 e. The molecule has 5 heterocycles. The number of nitrogens with one attached hydrogen (secondary N) is 1. The molecule has 2 aliphatic rings. The van der Waals surface area contributed by atoms with Gasteiger partial charge in [0.25, 0.3) is 5.91 Å². The van der Waals surface area contributed by atoms with E-state index in [-0.39, 0.29) is 24.4 Å². The third-order valence-electron chi connectivity index (χ3n) is 6.10. The second-order valence-electron chi connectivity index (χ2n) is 8.52. The van der Waals surface area contributed by atoms with Crippen LogP contribution in [0.1, 0.15) is 36.5 Å². The van der Waals surface area contributed by atoms with Crippen molar-refractivity contribution >= 4 is 17.5 Å². The second kappa shape index (κ2) is 7.74. The minimum atomic E-state index is -0.550. The van der Waals surface area contributed by atoms with Crippen LogP contribution in [0.3, 0.4) is 0 Å². The molecule has 5 rings (SSSR count). The van der Waals surface area contributed by atoms with Crippen molar-refractivity contribution in [2.45, 2.75) is 31.8 Å². The molecular weight excluding hydrogens is 406 g/mol. The lowest BCUT2D eigenvalue weighted by Crippen LogP contribution is -2.56. The van der Waals surface area contributed by atoms with E-state index in [0.717, 1.165) is 17.2 Å². The third kappa shape index (κ3) is 3.21. The maximum Gasteiger partial charge on any atom is 0.274 e. The Balaban J connectivity index is 1.56. The Kier molecular flexibility index (Phi) is 4.88. The van der Waals surface area contributed by atoms with Crippen molar-refractivity contribution < 1.29 is 9.59 Å². The number of hydrogen-bond donors (Lipinski definition) is 1. The number of rotatable bonds is 4. The average Bonchev–Trinajstić information content (AvgIpc) is 3.45. The molecular formula is C23H25N7O2. The van der Waals surface area contributed by atoms with E-state index >= 15 is 0 Å². The molecule has 1 saturated heterocycles. The number of aromatic nitrogens is 4. The third-order valence-corrected chi connectivity index (χ3v) is 6.10. The van der Waals surface area contributed by atoms with Crippen LogP contribution in [0.25, 0.3) is 5.82 Å². The molecule has 9 nitrogen and oxygen atoms in total. The van der Waals surface area contributed by atoms with E-state index in [2.05, 4.69) is 35.8 Å². The first-order chi connectivity index (χ1) is 15.5. The summed E-state index contributed by atoms with van der Waals surface area (Å²) in [4.78, 5) is 42.8. The van der Waals surface area contributed by atoms with Crippen LogP contribution in [-0.4, -0.2) is 61.9 Å². The maximum absolute atomic E-state index is 13.1. The molecule has 2 aliphatic heterocycles. The Hall–Kier alpha value is -3.75. The predicted molar refractivity (Wildman–Crippen MR) is 118 cm³/mol. The van der Waals surface area contributed by atoms with Crippen LogP contribution >= 0.6 is 0 Å². The minimum Gasteiger partial charge on any atom is -0.352 e. The lowest BCUT2D eigenvalue weighted by molar-refractivity contribution is -0.120. The van der Waals surface area contributed by atoms with Crippen LogP contribution in [0, 0.1) is 0 Å². The van der Waals surface area contributed by atoms with Gasteiger partial charge in [-0.2, -0.15) is 0 Å². The van der Waals surface area contributed by atoms with Crippen LogP contribution in [0.2, 0.25) is 0 Å². The highest BCUT2D eigenvalue weighted by Gasteiger charge is 2.51. The normalized spacial score (nSPS) is 19.2. The predicted octanol–water partition coefficient (Wildman–Crippen LogP) is 1.75. The fraction of sp³-hybridized carbons (Fsp3) is 0.348. The van der Waals surface area contributed by atoms with Crippen molar-refractivity contribution in [3.8, 4) is 5.82 Å². The summed E-state index contributed by atoms with van der Waals surface area (Å²) in [6, 6.07) is 7.95. The SMILES string of the molecule is CC(C)NC(=O)CN1c2cccnc2-n2cccc2C12CCN(C(=O)c1cnccn1)C2. The number of hydrogen-bond acceptors (Lipinski definition) is 6. The molecule has 32 heavy (non-hydrogen) atoms. The first kappa shape index (κ1) is 20.2. The van der Waals surface area contributed by atoms with Gasteiger partial charge in [0.15, 0.2) is 5.82 Å². The maximum atomic E-state index is 13.1. The zero-order valence-electron chi connectivity index (χ0n) is 18.1. The monoisotopic (exact) mass is 431 g/mol. The van der Waals surface area contributed by atoms with Crippen molar-refractivity contribution in [2.75, 3.05) is 24.5 Å². The first-order valence-electron chi connectivity index (χ1n) is 10.7. The summed E-state index contributed by atoms with van der Waals surface area (Å²) >= 11 is 0. The van der Waals surface area contributed by atoms with Crippen LogP contribution in [0.15, 0.2) is 55.2 Å².